The Hall–Kier alpha value is -2.14. The van der Waals surface area contributed by atoms with Gasteiger partial charge in [0.1, 0.15) is 6.10 Å². The van der Waals surface area contributed by atoms with Crippen molar-refractivity contribution >= 4 is 17.5 Å². The molecule has 27 heavy (non-hydrogen) atoms. The van der Waals surface area contributed by atoms with E-state index < -0.39 is 5.82 Å². The average Bonchev–Trinajstić information content (AvgIpc) is 3.16. The number of aromatic nitrogens is 1. The van der Waals surface area contributed by atoms with Crippen LogP contribution >= 0.6 is 11.6 Å². The minimum atomic E-state index is -0.420. The molecule has 0 saturated heterocycles. The van der Waals surface area contributed by atoms with E-state index in [1.165, 1.54) is 12.3 Å². The maximum absolute atomic E-state index is 13.7. The van der Waals surface area contributed by atoms with E-state index in [0.29, 0.717) is 28.3 Å². The lowest BCUT2D eigenvalue weighted by atomic mass is 10.00. The highest BCUT2D eigenvalue weighted by atomic mass is 35.5. The van der Waals surface area contributed by atoms with Crippen LogP contribution in [-0.2, 0) is 0 Å². The van der Waals surface area contributed by atoms with Crippen LogP contribution in [0.5, 0.6) is 5.88 Å². The Bertz CT molecular complexity index is 817. The lowest BCUT2D eigenvalue weighted by molar-refractivity contribution is 0.0923. The third-order valence-electron chi connectivity index (χ3n) is 5.80. The summed E-state index contributed by atoms with van der Waals surface area (Å²) in [6, 6.07) is 9.99. The van der Waals surface area contributed by atoms with Gasteiger partial charge in [0.2, 0.25) is 0 Å². The number of fused-ring (bicyclic) bond motifs is 1. The van der Waals surface area contributed by atoms with E-state index in [1.807, 2.05) is 0 Å². The van der Waals surface area contributed by atoms with E-state index in [9.17, 15) is 9.18 Å². The van der Waals surface area contributed by atoms with Crippen molar-refractivity contribution in [3.8, 4) is 5.88 Å². The fraction of sp³-hybridized carbons (Fsp3) is 0.429. The number of nitrogens with zero attached hydrogens (tertiary/aromatic N) is 1. The Morgan fingerprint density at radius 1 is 1.30 bits per heavy atom. The van der Waals surface area contributed by atoms with Gasteiger partial charge in [0.05, 0.1) is 0 Å². The number of pyridine rings is 1. The monoisotopic (exact) mass is 388 g/mol. The van der Waals surface area contributed by atoms with E-state index in [2.05, 4.69) is 17.2 Å². The van der Waals surface area contributed by atoms with Gasteiger partial charge in [0.15, 0.2) is 5.82 Å². The molecule has 6 heteroatoms. The number of nitrogens with one attached hydrogen (secondary N) is 1. The van der Waals surface area contributed by atoms with Crippen LogP contribution in [0.3, 0.4) is 0 Å². The Morgan fingerprint density at radius 2 is 2.00 bits per heavy atom. The molecule has 1 heterocycles. The molecule has 1 aromatic heterocycles. The number of benzene rings is 1. The second-order valence-electron chi connectivity index (χ2n) is 7.40. The van der Waals surface area contributed by atoms with Crippen molar-refractivity contribution in [3.63, 3.8) is 0 Å². The predicted octanol–water partition coefficient (Wildman–Crippen LogP) is 4.49. The van der Waals surface area contributed by atoms with Crippen molar-refractivity contribution < 1.29 is 13.9 Å². The summed E-state index contributed by atoms with van der Waals surface area (Å²) in [4.78, 5) is 16.5. The lowest BCUT2D eigenvalue weighted by Crippen LogP contribution is -2.37. The molecule has 4 nitrogen and oxygen atoms in total. The minimum Gasteiger partial charge on any atom is -0.472 e. The Labute approximate surface area is 163 Å². The van der Waals surface area contributed by atoms with Gasteiger partial charge in [-0.15, -0.1) is 0 Å². The minimum absolute atomic E-state index is 0.00474. The van der Waals surface area contributed by atoms with Gasteiger partial charge in [-0.05, 0) is 73.4 Å². The SMILES string of the molecule is CCC(NC(=O)c1ccc(Cl)cc1)C1C2CC(Oc3ncccc3F)CC21. The standard InChI is InChI=1S/C21H22ClFN2O2/c1-2-18(25-20(26)12-5-7-13(22)8-6-12)19-15-10-14(11-16(15)19)27-21-17(23)4-3-9-24-21/h3-9,14-16,18-19H,2,10-11H2,1H3,(H,25,26). The molecular formula is C21H22ClFN2O2. The first kappa shape index (κ1) is 18.2. The van der Waals surface area contributed by atoms with Crippen LogP contribution in [0, 0.1) is 23.6 Å². The molecule has 0 spiro atoms. The molecule has 0 radical (unpaired) electrons. The average molecular weight is 389 g/mol. The van der Waals surface area contributed by atoms with Crippen molar-refractivity contribution in [1.82, 2.24) is 10.3 Å². The number of amides is 1. The lowest BCUT2D eigenvalue weighted by Gasteiger charge is -2.22. The van der Waals surface area contributed by atoms with Gasteiger partial charge in [0.25, 0.3) is 11.8 Å². The van der Waals surface area contributed by atoms with Gasteiger partial charge in [-0.2, -0.15) is 0 Å². The number of halogens is 2. The number of ether oxygens (including phenoxy) is 1. The molecule has 2 aromatic rings. The number of carbonyl (C=O) groups excluding carboxylic acids is 1. The Kier molecular flexibility index (Phi) is 5.04. The second-order valence-corrected chi connectivity index (χ2v) is 7.84. The zero-order valence-corrected chi connectivity index (χ0v) is 15.8. The highest BCUT2D eigenvalue weighted by Gasteiger charge is 2.59. The molecule has 1 aromatic carbocycles. The summed E-state index contributed by atoms with van der Waals surface area (Å²) >= 11 is 5.88. The zero-order chi connectivity index (χ0) is 19.0. The number of carbonyl (C=O) groups is 1. The molecule has 2 saturated carbocycles. The number of hydrogen-bond donors (Lipinski definition) is 1. The summed E-state index contributed by atoms with van der Waals surface area (Å²) in [6.07, 6.45) is 4.20. The molecule has 2 fully saturated rings. The van der Waals surface area contributed by atoms with Crippen molar-refractivity contribution in [1.29, 1.82) is 0 Å². The molecule has 0 aliphatic heterocycles. The first-order valence-corrected chi connectivity index (χ1v) is 9.78. The van der Waals surface area contributed by atoms with E-state index in [0.717, 1.165) is 19.3 Å². The summed E-state index contributed by atoms with van der Waals surface area (Å²) in [7, 11) is 0. The Balaban J connectivity index is 1.32. The molecule has 2 aliphatic carbocycles. The van der Waals surface area contributed by atoms with Gasteiger partial charge in [0, 0.05) is 22.8 Å². The third kappa shape index (κ3) is 3.79. The maximum atomic E-state index is 13.7. The number of rotatable bonds is 6. The van der Waals surface area contributed by atoms with Gasteiger partial charge in [-0.25, -0.2) is 9.37 Å². The van der Waals surface area contributed by atoms with E-state index in [4.69, 9.17) is 16.3 Å². The second kappa shape index (κ2) is 7.47. The summed E-state index contributed by atoms with van der Waals surface area (Å²) < 4.78 is 19.4. The largest absolute Gasteiger partial charge is 0.472 e. The fourth-order valence-corrected chi connectivity index (χ4v) is 4.60. The molecule has 1 amide bonds. The van der Waals surface area contributed by atoms with E-state index in [1.54, 1.807) is 30.3 Å². The molecule has 0 bridgehead atoms. The summed E-state index contributed by atoms with van der Waals surface area (Å²) in [6.45, 7) is 2.10. The van der Waals surface area contributed by atoms with Crippen LogP contribution in [0.2, 0.25) is 5.02 Å². The molecule has 3 unspecified atom stereocenters. The molecular weight excluding hydrogens is 367 g/mol. The van der Waals surface area contributed by atoms with Gasteiger partial charge >= 0.3 is 0 Å². The normalized spacial score (nSPS) is 26.9. The van der Waals surface area contributed by atoms with Crippen LogP contribution in [0.4, 0.5) is 4.39 Å². The van der Waals surface area contributed by atoms with Crippen LogP contribution in [0.15, 0.2) is 42.6 Å². The molecule has 142 valence electrons. The van der Waals surface area contributed by atoms with Crippen molar-refractivity contribution in [2.45, 2.75) is 38.3 Å². The van der Waals surface area contributed by atoms with E-state index >= 15 is 0 Å². The Morgan fingerprint density at radius 3 is 2.63 bits per heavy atom. The highest BCUT2D eigenvalue weighted by molar-refractivity contribution is 6.30. The quantitative estimate of drug-likeness (QED) is 0.793. The topological polar surface area (TPSA) is 51.2 Å². The molecule has 1 N–H and O–H groups in total. The first-order chi connectivity index (χ1) is 13.1. The number of hydrogen-bond acceptors (Lipinski definition) is 3. The van der Waals surface area contributed by atoms with Crippen LogP contribution < -0.4 is 10.1 Å². The van der Waals surface area contributed by atoms with E-state index in [-0.39, 0.29) is 23.9 Å². The van der Waals surface area contributed by atoms with Crippen molar-refractivity contribution in [2.75, 3.05) is 0 Å². The summed E-state index contributed by atoms with van der Waals surface area (Å²) in [5, 5.41) is 3.79. The molecule has 4 rings (SSSR count). The van der Waals surface area contributed by atoms with Gasteiger partial charge < -0.3 is 10.1 Å². The summed E-state index contributed by atoms with van der Waals surface area (Å²) in [5.74, 6) is 1.13. The predicted molar refractivity (Wildman–Crippen MR) is 101 cm³/mol. The molecule has 2 aliphatic rings. The smallest absolute Gasteiger partial charge is 0.251 e. The zero-order valence-electron chi connectivity index (χ0n) is 15.1. The molecule has 3 atom stereocenters. The van der Waals surface area contributed by atoms with Crippen LogP contribution in [-0.4, -0.2) is 23.0 Å². The van der Waals surface area contributed by atoms with Crippen LogP contribution in [0.1, 0.15) is 36.5 Å². The van der Waals surface area contributed by atoms with Gasteiger partial charge in [-0.1, -0.05) is 18.5 Å². The van der Waals surface area contributed by atoms with Crippen molar-refractivity contribution in [3.05, 3.63) is 59.0 Å². The summed E-state index contributed by atoms with van der Waals surface area (Å²) in [5.41, 5.74) is 0.621. The van der Waals surface area contributed by atoms with Gasteiger partial charge in [-0.3, -0.25) is 4.79 Å². The first-order valence-electron chi connectivity index (χ1n) is 9.40. The third-order valence-corrected chi connectivity index (χ3v) is 6.05. The maximum Gasteiger partial charge on any atom is 0.251 e. The van der Waals surface area contributed by atoms with Crippen LogP contribution in [0.25, 0.3) is 0 Å². The van der Waals surface area contributed by atoms with Crippen molar-refractivity contribution in [2.24, 2.45) is 17.8 Å². The highest BCUT2D eigenvalue weighted by Crippen LogP contribution is 2.60. The fourth-order valence-electron chi connectivity index (χ4n) is 4.47.